The number of hydrogen-bond donors (Lipinski definition) is 1. The number of ether oxygens (including phenoxy) is 3. The number of β-amino-alcohol motifs (C(OH)–C–C–N with tert-alkyl or cyclic N) is 1. The molecule has 0 spiro atoms. The van der Waals surface area contributed by atoms with Gasteiger partial charge < -0.3 is 24.2 Å². The van der Waals surface area contributed by atoms with Crippen LogP contribution in [0.2, 0.25) is 0 Å². The number of nitrogens with zero attached hydrogens (tertiary/aromatic N) is 1. The zero-order valence-corrected chi connectivity index (χ0v) is 15.2. The molecule has 27 heavy (non-hydrogen) atoms. The maximum absolute atomic E-state index is 13.0. The van der Waals surface area contributed by atoms with Crippen molar-refractivity contribution in [3.63, 3.8) is 0 Å². The molecule has 1 amide bonds. The Morgan fingerprint density at radius 2 is 1.81 bits per heavy atom. The highest BCUT2D eigenvalue weighted by Crippen LogP contribution is 2.32. The molecular weight excluding hydrogens is 353 g/mol. The predicted molar refractivity (Wildman–Crippen MR) is 96.9 cm³/mol. The molecule has 2 atom stereocenters. The molecule has 0 aliphatic carbocycles. The summed E-state index contributed by atoms with van der Waals surface area (Å²) in [6.45, 7) is 0.583. The average molecular weight is 375 g/mol. The van der Waals surface area contributed by atoms with Crippen LogP contribution in [0.15, 0.2) is 42.5 Å². The molecule has 2 aromatic rings. The monoisotopic (exact) mass is 375 g/mol. The molecule has 7 heteroatoms. The fourth-order valence-electron chi connectivity index (χ4n) is 3.07. The molecule has 0 aromatic heterocycles. The molecule has 0 unspecified atom stereocenters. The molecule has 0 radical (unpaired) electrons. The van der Waals surface area contributed by atoms with E-state index in [1.807, 2.05) is 0 Å². The lowest BCUT2D eigenvalue weighted by Crippen LogP contribution is -2.51. The standard InChI is InChI=1S/C20H22FNO5/c1-25-18-8-7-15(11-19(18)26-2)27-17-9-10-22(12-16(17)23)20(24)13-3-5-14(21)6-4-13/h3-8,11,16-17,23H,9-10,12H2,1-2H3/t16-,17-/m1/s1. The van der Waals surface area contributed by atoms with Crippen LogP contribution in [0.5, 0.6) is 17.2 Å². The summed E-state index contributed by atoms with van der Waals surface area (Å²) in [4.78, 5) is 14.0. The van der Waals surface area contributed by atoms with Crippen LogP contribution in [-0.2, 0) is 0 Å². The Balaban J connectivity index is 1.63. The Morgan fingerprint density at radius 3 is 2.44 bits per heavy atom. The molecule has 0 bridgehead atoms. The average Bonchev–Trinajstić information content (AvgIpc) is 2.69. The van der Waals surface area contributed by atoms with Gasteiger partial charge in [-0.05, 0) is 36.4 Å². The highest BCUT2D eigenvalue weighted by Gasteiger charge is 2.32. The normalized spacial score (nSPS) is 19.5. The first-order valence-corrected chi connectivity index (χ1v) is 8.63. The van der Waals surface area contributed by atoms with Crippen LogP contribution in [0, 0.1) is 5.82 Å². The number of benzene rings is 2. The minimum absolute atomic E-state index is 0.147. The summed E-state index contributed by atoms with van der Waals surface area (Å²) in [5.41, 5.74) is 0.392. The summed E-state index contributed by atoms with van der Waals surface area (Å²) >= 11 is 0. The molecule has 1 N–H and O–H groups in total. The fraction of sp³-hybridized carbons (Fsp3) is 0.350. The highest BCUT2D eigenvalue weighted by molar-refractivity contribution is 5.94. The Bertz CT molecular complexity index is 795. The van der Waals surface area contributed by atoms with Gasteiger partial charge in [0.05, 0.1) is 20.8 Å². The number of aliphatic hydroxyl groups excluding tert-OH is 1. The van der Waals surface area contributed by atoms with Crippen LogP contribution in [0.4, 0.5) is 4.39 Å². The highest BCUT2D eigenvalue weighted by atomic mass is 19.1. The van der Waals surface area contributed by atoms with Gasteiger partial charge in [0.1, 0.15) is 23.8 Å². The van der Waals surface area contributed by atoms with E-state index in [2.05, 4.69) is 0 Å². The number of methoxy groups -OCH3 is 2. The van der Waals surface area contributed by atoms with Crippen LogP contribution in [0.1, 0.15) is 16.8 Å². The van der Waals surface area contributed by atoms with E-state index in [0.29, 0.717) is 35.8 Å². The topological polar surface area (TPSA) is 68.2 Å². The first-order valence-electron chi connectivity index (χ1n) is 8.63. The van der Waals surface area contributed by atoms with Crippen molar-refractivity contribution in [2.24, 2.45) is 0 Å². The van der Waals surface area contributed by atoms with E-state index < -0.39 is 18.0 Å². The van der Waals surface area contributed by atoms with E-state index >= 15 is 0 Å². The van der Waals surface area contributed by atoms with Gasteiger partial charge in [-0.15, -0.1) is 0 Å². The van der Waals surface area contributed by atoms with Gasteiger partial charge in [0.2, 0.25) is 0 Å². The summed E-state index contributed by atoms with van der Waals surface area (Å²) in [5.74, 6) is 1.04. The largest absolute Gasteiger partial charge is 0.493 e. The molecule has 2 aromatic carbocycles. The maximum Gasteiger partial charge on any atom is 0.253 e. The third-order valence-corrected chi connectivity index (χ3v) is 4.54. The Labute approximate surface area is 157 Å². The van der Waals surface area contributed by atoms with Gasteiger partial charge in [-0.1, -0.05) is 0 Å². The van der Waals surface area contributed by atoms with Crippen molar-refractivity contribution in [2.45, 2.75) is 18.6 Å². The van der Waals surface area contributed by atoms with Crippen molar-refractivity contribution in [2.75, 3.05) is 27.3 Å². The van der Waals surface area contributed by atoms with Crippen LogP contribution < -0.4 is 14.2 Å². The molecule has 1 aliphatic heterocycles. The van der Waals surface area contributed by atoms with Crippen molar-refractivity contribution >= 4 is 5.91 Å². The number of halogens is 1. The number of piperidine rings is 1. The molecule has 144 valence electrons. The third kappa shape index (κ3) is 4.31. The summed E-state index contributed by atoms with van der Waals surface area (Å²) in [6.07, 6.45) is -0.806. The van der Waals surface area contributed by atoms with E-state index in [0.717, 1.165) is 0 Å². The lowest BCUT2D eigenvalue weighted by Gasteiger charge is -2.36. The van der Waals surface area contributed by atoms with Crippen molar-refractivity contribution in [3.8, 4) is 17.2 Å². The van der Waals surface area contributed by atoms with Gasteiger partial charge in [0.15, 0.2) is 11.5 Å². The third-order valence-electron chi connectivity index (χ3n) is 4.54. The van der Waals surface area contributed by atoms with E-state index in [9.17, 15) is 14.3 Å². The molecule has 1 saturated heterocycles. The van der Waals surface area contributed by atoms with Gasteiger partial charge in [0, 0.05) is 24.6 Å². The van der Waals surface area contributed by atoms with Crippen LogP contribution in [0.3, 0.4) is 0 Å². The second-order valence-electron chi connectivity index (χ2n) is 6.29. The molecule has 6 nitrogen and oxygen atoms in total. The van der Waals surface area contributed by atoms with Gasteiger partial charge in [-0.25, -0.2) is 4.39 Å². The van der Waals surface area contributed by atoms with Crippen LogP contribution in [-0.4, -0.2) is 55.4 Å². The molecule has 1 aliphatic rings. The lowest BCUT2D eigenvalue weighted by molar-refractivity contribution is -0.0199. The Kier molecular flexibility index (Phi) is 5.81. The van der Waals surface area contributed by atoms with Gasteiger partial charge in [0.25, 0.3) is 5.91 Å². The second kappa shape index (κ2) is 8.26. The quantitative estimate of drug-likeness (QED) is 0.870. The zero-order valence-electron chi connectivity index (χ0n) is 15.2. The summed E-state index contributed by atoms with van der Waals surface area (Å²) < 4.78 is 29.3. The number of amides is 1. The lowest BCUT2D eigenvalue weighted by atomic mass is 10.0. The van der Waals surface area contributed by atoms with E-state index in [-0.39, 0.29) is 12.5 Å². The molecule has 1 heterocycles. The van der Waals surface area contributed by atoms with Gasteiger partial charge in [-0.2, -0.15) is 0 Å². The smallest absolute Gasteiger partial charge is 0.253 e. The number of likely N-dealkylation sites (tertiary alicyclic amines) is 1. The Hall–Kier alpha value is -2.80. The van der Waals surface area contributed by atoms with Crippen molar-refractivity contribution in [1.82, 2.24) is 4.90 Å². The van der Waals surface area contributed by atoms with Crippen molar-refractivity contribution in [3.05, 3.63) is 53.8 Å². The first kappa shape index (κ1) is 19.0. The molecular formula is C20H22FNO5. The molecule has 1 fully saturated rings. The van der Waals surface area contributed by atoms with Gasteiger partial charge >= 0.3 is 0 Å². The van der Waals surface area contributed by atoms with E-state index in [4.69, 9.17) is 14.2 Å². The van der Waals surface area contributed by atoms with Crippen molar-refractivity contribution in [1.29, 1.82) is 0 Å². The fourth-order valence-corrected chi connectivity index (χ4v) is 3.07. The number of carbonyl (C=O) groups excluding carboxylic acids is 1. The van der Waals surface area contributed by atoms with E-state index in [1.165, 1.54) is 31.4 Å². The minimum Gasteiger partial charge on any atom is -0.493 e. The number of carbonyl (C=O) groups is 1. The second-order valence-corrected chi connectivity index (χ2v) is 6.29. The summed E-state index contributed by atoms with van der Waals surface area (Å²) in [7, 11) is 3.09. The first-order chi connectivity index (χ1) is 13.0. The Morgan fingerprint density at radius 1 is 1.11 bits per heavy atom. The van der Waals surface area contributed by atoms with E-state index in [1.54, 1.807) is 30.2 Å². The molecule has 3 rings (SSSR count). The SMILES string of the molecule is COc1ccc(O[C@@H]2CCN(C(=O)c3ccc(F)cc3)C[C@H]2O)cc1OC. The van der Waals surface area contributed by atoms with Crippen molar-refractivity contribution < 1.29 is 28.5 Å². The number of aliphatic hydroxyl groups is 1. The number of hydrogen-bond acceptors (Lipinski definition) is 5. The molecule has 0 saturated carbocycles. The summed E-state index contributed by atoms with van der Waals surface area (Å²) in [5, 5.41) is 10.4. The maximum atomic E-state index is 13.0. The predicted octanol–water partition coefficient (Wildman–Crippen LogP) is 2.50. The van der Waals surface area contributed by atoms with Crippen LogP contribution >= 0.6 is 0 Å². The zero-order chi connectivity index (χ0) is 19.4. The van der Waals surface area contributed by atoms with Crippen LogP contribution in [0.25, 0.3) is 0 Å². The number of rotatable bonds is 5. The van der Waals surface area contributed by atoms with Gasteiger partial charge in [-0.3, -0.25) is 4.79 Å². The minimum atomic E-state index is -0.837. The summed E-state index contributed by atoms with van der Waals surface area (Å²) in [6, 6.07) is 10.5.